The van der Waals surface area contributed by atoms with Crippen LogP contribution in [-0.4, -0.2) is 25.8 Å². The molecule has 0 spiro atoms. The van der Waals surface area contributed by atoms with Crippen LogP contribution in [0.5, 0.6) is 0 Å². The van der Waals surface area contributed by atoms with Gasteiger partial charge in [-0.1, -0.05) is 31.2 Å². The number of carbonyl (C=O) groups is 1. The van der Waals surface area contributed by atoms with E-state index in [9.17, 15) is 14.9 Å². The van der Waals surface area contributed by atoms with Gasteiger partial charge in [-0.15, -0.1) is 10.2 Å². The van der Waals surface area contributed by atoms with Crippen molar-refractivity contribution in [3.8, 4) is 17.0 Å². The van der Waals surface area contributed by atoms with E-state index in [0.717, 1.165) is 12.1 Å². The second kappa shape index (κ2) is 8.62. The summed E-state index contributed by atoms with van der Waals surface area (Å²) in [6, 6.07) is 22.5. The molecule has 0 bridgehead atoms. The molecular weight excluding hydrogens is 434 g/mol. The molecule has 2 aromatic heterocycles. The third-order valence-corrected chi connectivity index (χ3v) is 5.39. The summed E-state index contributed by atoms with van der Waals surface area (Å²) >= 11 is 0. The van der Waals surface area contributed by atoms with Crippen molar-refractivity contribution in [2.24, 2.45) is 0 Å². The van der Waals surface area contributed by atoms with Gasteiger partial charge >= 0.3 is 0 Å². The fourth-order valence-electron chi connectivity index (χ4n) is 3.55. The van der Waals surface area contributed by atoms with Crippen molar-refractivity contribution in [3.05, 3.63) is 100 Å². The van der Waals surface area contributed by atoms with Gasteiger partial charge in [0.1, 0.15) is 16.8 Å². The number of aromatic nitrogens is 3. The Morgan fingerprint density at radius 3 is 2.56 bits per heavy atom. The number of carbonyl (C=O) groups excluding carboxylic acids is 1. The van der Waals surface area contributed by atoms with Gasteiger partial charge in [0, 0.05) is 23.4 Å². The number of nitrogens with one attached hydrogen (secondary N) is 1. The van der Waals surface area contributed by atoms with E-state index in [1.807, 2.05) is 24.3 Å². The SMILES string of the molecule is CCc1ccc(-n2nc3ccc(NC(=O)c4ccc(-c5cccc([N+](=O)[O-])c5)o4)cc3n2)cc1. The Hall–Kier alpha value is -4.79. The molecule has 168 valence electrons. The van der Waals surface area contributed by atoms with E-state index in [1.54, 1.807) is 41.2 Å². The molecule has 0 saturated heterocycles. The summed E-state index contributed by atoms with van der Waals surface area (Å²) in [5.41, 5.74) is 4.41. The lowest BCUT2D eigenvalue weighted by Gasteiger charge is -2.02. The number of non-ortho nitro benzene ring substituents is 1. The number of hydrogen-bond acceptors (Lipinski definition) is 6. The van der Waals surface area contributed by atoms with Gasteiger partial charge in [-0.05, 0) is 54.4 Å². The molecule has 1 amide bonds. The Labute approximate surface area is 193 Å². The van der Waals surface area contributed by atoms with E-state index in [1.165, 1.54) is 23.8 Å². The molecule has 3 aromatic carbocycles. The predicted molar refractivity (Wildman–Crippen MR) is 127 cm³/mol. The van der Waals surface area contributed by atoms with E-state index < -0.39 is 10.8 Å². The summed E-state index contributed by atoms with van der Waals surface area (Å²) in [7, 11) is 0. The van der Waals surface area contributed by atoms with Gasteiger partial charge in [0.2, 0.25) is 0 Å². The molecule has 0 fully saturated rings. The number of hydrogen-bond donors (Lipinski definition) is 1. The predicted octanol–water partition coefficient (Wildman–Crippen LogP) is 5.40. The van der Waals surface area contributed by atoms with Crippen molar-refractivity contribution in [1.29, 1.82) is 0 Å². The smallest absolute Gasteiger partial charge is 0.291 e. The van der Waals surface area contributed by atoms with Gasteiger partial charge in [-0.25, -0.2) is 0 Å². The average molecular weight is 453 g/mol. The number of benzene rings is 3. The number of rotatable bonds is 6. The maximum atomic E-state index is 12.7. The van der Waals surface area contributed by atoms with Crippen LogP contribution in [0.25, 0.3) is 28.0 Å². The highest BCUT2D eigenvalue weighted by molar-refractivity contribution is 6.03. The third-order valence-electron chi connectivity index (χ3n) is 5.39. The van der Waals surface area contributed by atoms with E-state index in [-0.39, 0.29) is 11.4 Å². The highest BCUT2D eigenvalue weighted by Gasteiger charge is 2.15. The number of nitrogens with zero attached hydrogens (tertiary/aromatic N) is 4. The summed E-state index contributed by atoms with van der Waals surface area (Å²) in [4.78, 5) is 24.8. The Kier molecular flexibility index (Phi) is 5.35. The quantitative estimate of drug-likeness (QED) is 0.272. The Bertz CT molecular complexity index is 1520. The van der Waals surface area contributed by atoms with E-state index in [4.69, 9.17) is 4.42 Å². The summed E-state index contributed by atoms with van der Waals surface area (Å²) in [6.07, 6.45) is 0.959. The van der Waals surface area contributed by atoms with Crippen LogP contribution in [-0.2, 0) is 6.42 Å². The lowest BCUT2D eigenvalue weighted by atomic mass is 10.1. The van der Waals surface area contributed by atoms with Crippen LogP contribution in [0.4, 0.5) is 11.4 Å². The average Bonchev–Trinajstić information content (AvgIpc) is 3.52. The second-order valence-electron chi connectivity index (χ2n) is 7.64. The van der Waals surface area contributed by atoms with Crippen LogP contribution < -0.4 is 5.32 Å². The number of furan rings is 1. The van der Waals surface area contributed by atoms with Crippen molar-refractivity contribution in [3.63, 3.8) is 0 Å². The molecule has 0 radical (unpaired) electrons. The number of nitro benzene ring substituents is 1. The maximum Gasteiger partial charge on any atom is 0.291 e. The molecule has 5 rings (SSSR count). The summed E-state index contributed by atoms with van der Waals surface area (Å²) in [5, 5.41) is 22.8. The van der Waals surface area contributed by atoms with Crippen molar-refractivity contribution in [2.75, 3.05) is 5.32 Å². The van der Waals surface area contributed by atoms with Gasteiger partial charge in [-0.2, -0.15) is 4.80 Å². The molecule has 1 N–H and O–H groups in total. The van der Waals surface area contributed by atoms with E-state index >= 15 is 0 Å². The first kappa shape index (κ1) is 21.1. The summed E-state index contributed by atoms with van der Waals surface area (Å²) < 4.78 is 5.64. The second-order valence-corrected chi connectivity index (χ2v) is 7.64. The van der Waals surface area contributed by atoms with Crippen LogP contribution >= 0.6 is 0 Å². The topological polar surface area (TPSA) is 116 Å². The monoisotopic (exact) mass is 453 g/mol. The normalized spacial score (nSPS) is 11.0. The van der Waals surface area contributed by atoms with Crippen LogP contribution in [0.15, 0.2) is 83.3 Å². The lowest BCUT2D eigenvalue weighted by molar-refractivity contribution is -0.384. The molecule has 0 aliphatic heterocycles. The number of anilines is 1. The van der Waals surface area contributed by atoms with Crippen molar-refractivity contribution < 1.29 is 14.1 Å². The molecule has 5 aromatic rings. The number of nitro groups is 1. The zero-order chi connectivity index (χ0) is 23.7. The first-order chi connectivity index (χ1) is 16.5. The lowest BCUT2D eigenvalue weighted by Crippen LogP contribution is -2.10. The molecule has 34 heavy (non-hydrogen) atoms. The van der Waals surface area contributed by atoms with Crippen LogP contribution in [0.1, 0.15) is 23.0 Å². The minimum absolute atomic E-state index is 0.0532. The van der Waals surface area contributed by atoms with Crippen molar-refractivity contribution in [1.82, 2.24) is 15.0 Å². The minimum Gasteiger partial charge on any atom is -0.451 e. The number of fused-ring (bicyclic) bond motifs is 1. The summed E-state index contributed by atoms with van der Waals surface area (Å²) in [5.74, 6) is 0.00110. The molecule has 0 saturated carbocycles. The van der Waals surface area contributed by atoms with E-state index in [2.05, 4.69) is 22.4 Å². The van der Waals surface area contributed by atoms with Crippen LogP contribution in [0, 0.1) is 10.1 Å². The zero-order valence-corrected chi connectivity index (χ0v) is 18.1. The molecule has 0 aliphatic carbocycles. The van der Waals surface area contributed by atoms with Gasteiger partial charge in [0.15, 0.2) is 5.76 Å². The van der Waals surface area contributed by atoms with Crippen LogP contribution in [0.2, 0.25) is 0 Å². The number of amides is 1. The Morgan fingerprint density at radius 2 is 1.79 bits per heavy atom. The highest BCUT2D eigenvalue weighted by atomic mass is 16.6. The molecular formula is C25H19N5O4. The fourth-order valence-corrected chi connectivity index (χ4v) is 3.55. The first-order valence-electron chi connectivity index (χ1n) is 10.6. The molecule has 9 heteroatoms. The summed E-state index contributed by atoms with van der Waals surface area (Å²) in [6.45, 7) is 2.10. The maximum absolute atomic E-state index is 12.7. The molecule has 9 nitrogen and oxygen atoms in total. The van der Waals surface area contributed by atoms with Crippen molar-refractivity contribution in [2.45, 2.75) is 13.3 Å². The molecule has 0 unspecified atom stereocenters. The van der Waals surface area contributed by atoms with Gasteiger partial charge in [-0.3, -0.25) is 14.9 Å². The molecule has 0 aliphatic rings. The van der Waals surface area contributed by atoms with Gasteiger partial charge < -0.3 is 9.73 Å². The van der Waals surface area contributed by atoms with Crippen LogP contribution in [0.3, 0.4) is 0 Å². The van der Waals surface area contributed by atoms with Crippen molar-refractivity contribution >= 4 is 28.3 Å². The third kappa shape index (κ3) is 4.14. The van der Waals surface area contributed by atoms with E-state index in [0.29, 0.717) is 28.0 Å². The highest BCUT2D eigenvalue weighted by Crippen LogP contribution is 2.26. The Balaban J connectivity index is 1.34. The van der Waals surface area contributed by atoms with Gasteiger partial charge in [0.25, 0.3) is 11.6 Å². The largest absolute Gasteiger partial charge is 0.451 e. The standard InChI is InChI=1S/C25H19N5O4/c1-2-16-6-9-19(10-7-16)29-27-21-11-8-18(15-22(21)28-29)26-25(31)24-13-12-23(34-24)17-4-3-5-20(14-17)30(32)33/h3-15H,2H2,1H3,(H,26,31). The first-order valence-corrected chi connectivity index (χ1v) is 10.6. The minimum atomic E-state index is -0.480. The zero-order valence-electron chi connectivity index (χ0n) is 18.1. The molecule has 2 heterocycles. The van der Waals surface area contributed by atoms with Gasteiger partial charge in [0.05, 0.1) is 10.6 Å². The fraction of sp³-hybridized carbons (Fsp3) is 0.0800. The number of aryl methyl sites for hydroxylation is 1. The Morgan fingerprint density at radius 1 is 1.00 bits per heavy atom. The molecule has 0 atom stereocenters.